The molecule has 0 aliphatic heterocycles. The van der Waals surface area contributed by atoms with Crippen molar-refractivity contribution in [2.75, 3.05) is 13.2 Å². The van der Waals surface area contributed by atoms with E-state index in [1.165, 1.54) is 0 Å². The molecule has 0 amide bonds. The summed E-state index contributed by atoms with van der Waals surface area (Å²) in [5.41, 5.74) is 0. The van der Waals surface area contributed by atoms with Gasteiger partial charge in [0.25, 0.3) is 12.5 Å². The van der Waals surface area contributed by atoms with Crippen LogP contribution >= 0.6 is 0 Å². The van der Waals surface area contributed by atoms with E-state index < -0.39 is 0 Å². The Balaban J connectivity index is 2.28. The first kappa shape index (κ1) is 9.67. The predicted molar refractivity (Wildman–Crippen MR) is 44.0 cm³/mol. The fourth-order valence-corrected chi connectivity index (χ4v) is 1.84. The maximum absolute atomic E-state index is 8.23. The van der Waals surface area contributed by atoms with Crippen LogP contribution in [0.15, 0.2) is 0 Å². The molecule has 0 bridgehead atoms. The molecule has 2 unspecified atom stereocenters. The van der Waals surface area contributed by atoms with Crippen molar-refractivity contribution in [2.45, 2.75) is 19.3 Å². The molecule has 0 aromatic carbocycles. The predicted octanol–water partition coefficient (Wildman–Crippen LogP) is 1.40. The molecule has 0 saturated heterocycles. The zero-order valence-corrected chi connectivity index (χ0v) is 7.40. The van der Waals surface area contributed by atoms with E-state index in [1.807, 2.05) is 0 Å². The molecule has 1 aliphatic rings. The van der Waals surface area contributed by atoms with E-state index in [-0.39, 0.29) is 0 Å². The van der Waals surface area contributed by atoms with Gasteiger partial charge in [0.2, 0.25) is 0 Å². The van der Waals surface area contributed by atoms with E-state index >= 15 is 0 Å². The third-order valence-corrected chi connectivity index (χ3v) is 2.54. The van der Waals surface area contributed by atoms with Crippen LogP contribution < -0.4 is 0 Å². The highest BCUT2D eigenvalue weighted by Gasteiger charge is 2.28. The lowest BCUT2D eigenvalue weighted by Crippen LogP contribution is -2.17. The van der Waals surface area contributed by atoms with Crippen LogP contribution in [0.2, 0.25) is 0 Å². The van der Waals surface area contributed by atoms with Crippen molar-refractivity contribution in [3.8, 4) is 12.5 Å². The highest BCUT2D eigenvalue weighted by molar-refractivity contribution is 4.78. The lowest BCUT2D eigenvalue weighted by molar-refractivity contribution is 0.131. The van der Waals surface area contributed by atoms with Crippen molar-refractivity contribution in [3.05, 3.63) is 0 Å². The SMILES string of the molecule is N#COCC1CCCC1COC#N. The molecule has 4 heteroatoms. The fraction of sp³-hybridized carbons (Fsp3) is 0.778. The molecule has 0 aromatic rings. The Morgan fingerprint density at radius 3 is 1.85 bits per heavy atom. The molecule has 13 heavy (non-hydrogen) atoms. The van der Waals surface area contributed by atoms with Gasteiger partial charge >= 0.3 is 0 Å². The molecule has 1 saturated carbocycles. The van der Waals surface area contributed by atoms with Gasteiger partial charge < -0.3 is 9.47 Å². The number of nitrogens with zero attached hydrogens (tertiary/aromatic N) is 2. The lowest BCUT2D eigenvalue weighted by Gasteiger charge is -2.15. The van der Waals surface area contributed by atoms with Crippen molar-refractivity contribution in [2.24, 2.45) is 11.8 Å². The summed E-state index contributed by atoms with van der Waals surface area (Å²) in [5.74, 6) is 0.765. The highest BCUT2D eigenvalue weighted by Crippen LogP contribution is 2.31. The van der Waals surface area contributed by atoms with Crippen molar-refractivity contribution < 1.29 is 9.47 Å². The van der Waals surface area contributed by atoms with Crippen molar-refractivity contribution in [1.82, 2.24) is 0 Å². The molecule has 70 valence electrons. The summed E-state index contributed by atoms with van der Waals surface area (Å²) in [7, 11) is 0. The minimum atomic E-state index is 0.382. The van der Waals surface area contributed by atoms with Crippen LogP contribution in [0.3, 0.4) is 0 Å². The molecule has 1 fully saturated rings. The van der Waals surface area contributed by atoms with Crippen LogP contribution in [0.4, 0.5) is 0 Å². The van der Waals surface area contributed by atoms with Crippen LogP contribution in [0.5, 0.6) is 0 Å². The van der Waals surface area contributed by atoms with Crippen LogP contribution in [0, 0.1) is 34.9 Å². The minimum absolute atomic E-state index is 0.382. The summed E-state index contributed by atoms with van der Waals surface area (Å²) in [6.45, 7) is 0.936. The quantitative estimate of drug-likeness (QED) is 0.613. The maximum Gasteiger partial charge on any atom is 0.286 e. The van der Waals surface area contributed by atoms with Gasteiger partial charge in [0.1, 0.15) is 13.2 Å². The topological polar surface area (TPSA) is 66.0 Å². The molecule has 0 spiro atoms. The van der Waals surface area contributed by atoms with E-state index in [9.17, 15) is 0 Å². The van der Waals surface area contributed by atoms with Crippen LogP contribution in [0.1, 0.15) is 19.3 Å². The second-order valence-corrected chi connectivity index (χ2v) is 3.26. The molecule has 2 atom stereocenters. The molecule has 0 aromatic heterocycles. The first-order chi connectivity index (χ1) is 6.38. The van der Waals surface area contributed by atoms with Gasteiger partial charge in [-0.2, -0.15) is 10.5 Å². The second-order valence-electron chi connectivity index (χ2n) is 3.26. The van der Waals surface area contributed by atoms with Gasteiger partial charge in [-0.25, -0.2) is 0 Å². The van der Waals surface area contributed by atoms with Gasteiger partial charge in [0, 0.05) is 11.8 Å². The van der Waals surface area contributed by atoms with Crippen LogP contribution in [-0.4, -0.2) is 13.2 Å². The molecule has 0 heterocycles. The molecular weight excluding hydrogens is 168 g/mol. The van der Waals surface area contributed by atoms with Gasteiger partial charge in [-0.05, 0) is 12.8 Å². The van der Waals surface area contributed by atoms with Gasteiger partial charge in [-0.3, -0.25) is 0 Å². The fourth-order valence-electron chi connectivity index (χ4n) is 1.84. The van der Waals surface area contributed by atoms with Gasteiger partial charge in [-0.15, -0.1) is 0 Å². The molecular formula is C9H12N2O2. The lowest BCUT2D eigenvalue weighted by atomic mass is 9.98. The van der Waals surface area contributed by atoms with E-state index in [0.717, 1.165) is 19.3 Å². The Morgan fingerprint density at radius 1 is 1.00 bits per heavy atom. The summed E-state index contributed by atoms with van der Waals surface area (Å²) in [4.78, 5) is 0. The summed E-state index contributed by atoms with van der Waals surface area (Å²) in [5, 5.41) is 16.5. The van der Waals surface area contributed by atoms with E-state index in [1.54, 1.807) is 12.5 Å². The number of hydrogen-bond acceptors (Lipinski definition) is 4. The Bertz CT molecular complexity index is 205. The Hall–Kier alpha value is -1.42. The van der Waals surface area contributed by atoms with Crippen molar-refractivity contribution in [3.63, 3.8) is 0 Å². The average molecular weight is 180 g/mol. The molecule has 1 rings (SSSR count). The maximum atomic E-state index is 8.23. The first-order valence-electron chi connectivity index (χ1n) is 4.40. The zero-order chi connectivity index (χ0) is 9.52. The minimum Gasteiger partial charge on any atom is -0.427 e. The third kappa shape index (κ3) is 2.83. The van der Waals surface area contributed by atoms with Crippen LogP contribution in [-0.2, 0) is 9.47 Å². The van der Waals surface area contributed by atoms with Gasteiger partial charge in [0.05, 0.1) is 0 Å². The standard InChI is InChI=1S/C9H12N2O2/c10-6-12-4-8-2-1-3-9(8)5-13-7-11/h8-9H,1-5H2. The summed E-state index contributed by atoms with van der Waals surface area (Å²) < 4.78 is 9.39. The Morgan fingerprint density at radius 2 is 1.46 bits per heavy atom. The van der Waals surface area contributed by atoms with E-state index in [2.05, 4.69) is 0 Å². The third-order valence-electron chi connectivity index (χ3n) is 2.54. The Labute approximate surface area is 77.7 Å². The van der Waals surface area contributed by atoms with E-state index in [4.69, 9.17) is 20.0 Å². The largest absolute Gasteiger partial charge is 0.427 e. The number of nitriles is 2. The van der Waals surface area contributed by atoms with Crippen molar-refractivity contribution >= 4 is 0 Å². The molecule has 0 N–H and O–H groups in total. The number of hydrogen-bond donors (Lipinski definition) is 0. The van der Waals surface area contributed by atoms with Gasteiger partial charge in [0.15, 0.2) is 0 Å². The summed E-state index contributed by atoms with van der Waals surface area (Å²) in [6.07, 6.45) is 6.61. The average Bonchev–Trinajstić information content (AvgIpc) is 2.59. The number of rotatable bonds is 4. The Kier molecular flexibility index (Phi) is 3.92. The van der Waals surface area contributed by atoms with Crippen molar-refractivity contribution in [1.29, 1.82) is 10.5 Å². The number of ether oxygens (including phenoxy) is 2. The van der Waals surface area contributed by atoms with Gasteiger partial charge in [-0.1, -0.05) is 6.42 Å². The highest BCUT2D eigenvalue weighted by atomic mass is 16.5. The molecule has 1 aliphatic carbocycles. The molecule has 0 radical (unpaired) electrons. The first-order valence-corrected chi connectivity index (χ1v) is 4.40. The monoisotopic (exact) mass is 180 g/mol. The summed E-state index contributed by atoms with van der Waals surface area (Å²) >= 11 is 0. The molecule has 4 nitrogen and oxygen atoms in total. The smallest absolute Gasteiger partial charge is 0.286 e. The van der Waals surface area contributed by atoms with E-state index in [0.29, 0.717) is 25.0 Å². The zero-order valence-electron chi connectivity index (χ0n) is 7.40. The second kappa shape index (κ2) is 5.27. The van der Waals surface area contributed by atoms with Crippen LogP contribution in [0.25, 0.3) is 0 Å². The normalized spacial score (nSPS) is 26.0. The summed E-state index contributed by atoms with van der Waals surface area (Å²) in [6, 6.07) is 0.